The molecule has 1 fully saturated rings. The molecular weight excluding hydrogens is 423 g/mol. The fourth-order valence-corrected chi connectivity index (χ4v) is 3.43. The van der Waals surface area contributed by atoms with Crippen LogP contribution in [-0.2, 0) is 9.59 Å². The highest BCUT2D eigenvalue weighted by atomic mass is 35.5. The SMILES string of the molecule is CC1(C(=O)Nc2ccc(-n3ccccc3=O)cc2F)CC1C(=O)Nc1ccc(Cl)cn1. The molecule has 7 nitrogen and oxygen atoms in total. The minimum absolute atomic E-state index is 0.0237. The Hall–Kier alpha value is -3.52. The quantitative estimate of drug-likeness (QED) is 0.633. The van der Waals surface area contributed by atoms with Gasteiger partial charge >= 0.3 is 0 Å². The average Bonchev–Trinajstić information content (AvgIpc) is 3.45. The molecule has 0 bridgehead atoms. The van der Waals surface area contributed by atoms with E-state index in [-0.39, 0.29) is 17.2 Å². The molecule has 4 rings (SSSR count). The van der Waals surface area contributed by atoms with E-state index < -0.39 is 23.1 Å². The number of hydrogen-bond acceptors (Lipinski definition) is 4. The molecule has 0 saturated heterocycles. The van der Waals surface area contributed by atoms with E-state index in [2.05, 4.69) is 15.6 Å². The number of halogens is 2. The van der Waals surface area contributed by atoms with Crippen molar-refractivity contribution in [2.45, 2.75) is 13.3 Å². The Labute approximate surface area is 181 Å². The van der Waals surface area contributed by atoms with E-state index in [0.29, 0.717) is 22.9 Å². The molecule has 9 heteroatoms. The number of rotatable bonds is 5. The third-order valence-corrected chi connectivity index (χ3v) is 5.58. The second kappa shape index (κ2) is 7.96. The van der Waals surface area contributed by atoms with Crippen LogP contribution >= 0.6 is 11.6 Å². The summed E-state index contributed by atoms with van der Waals surface area (Å²) in [6.45, 7) is 1.65. The lowest BCUT2D eigenvalue weighted by atomic mass is 10.0. The topological polar surface area (TPSA) is 93.1 Å². The van der Waals surface area contributed by atoms with Crippen LogP contribution in [0.25, 0.3) is 5.69 Å². The Balaban J connectivity index is 1.43. The van der Waals surface area contributed by atoms with Crippen LogP contribution in [0.4, 0.5) is 15.9 Å². The molecule has 2 unspecified atom stereocenters. The van der Waals surface area contributed by atoms with Gasteiger partial charge in [0.25, 0.3) is 5.56 Å². The Morgan fingerprint density at radius 1 is 1.19 bits per heavy atom. The standard InChI is InChI=1S/C22H18ClFN4O3/c1-22(11-15(22)20(30)27-18-8-5-13(23)12-25-18)21(31)26-17-7-6-14(10-16(17)24)28-9-3-2-4-19(28)29/h2-10,12,15H,11H2,1H3,(H,26,31)(H,25,27,30). The number of anilines is 2. The van der Waals surface area contributed by atoms with E-state index in [1.165, 1.54) is 41.2 Å². The van der Waals surface area contributed by atoms with Gasteiger partial charge < -0.3 is 10.6 Å². The summed E-state index contributed by atoms with van der Waals surface area (Å²) in [5, 5.41) is 5.64. The summed E-state index contributed by atoms with van der Waals surface area (Å²) >= 11 is 5.78. The maximum absolute atomic E-state index is 14.6. The minimum Gasteiger partial charge on any atom is -0.323 e. The van der Waals surface area contributed by atoms with Crippen LogP contribution in [0.3, 0.4) is 0 Å². The molecule has 3 aromatic rings. The number of benzene rings is 1. The third-order valence-electron chi connectivity index (χ3n) is 5.35. The second-order valence-corrected chi connectivity index (χ2v) is 7.99. The third kappa shape index (κ3) is 4.20. The molecule has 158 valence electrons. The van der Waals surface area contributed by atoms with Crippen LogP contribution in [-0.4, -0.2) is 21.4 Å². The molecule has 1 aliphatic rings. The molecule has 31 heavy (non-hydrogen) atoms. The van der Waals surface area contributed by atoms with Crippen LogP contribution in [0, 0.1) is 17.2 Å². The van der Waals surface area contributed by atoms with Crippen molar-refractivity contribution in [3.63, 3.8) is 0 Å². The van der Waals surface area contributed by atoms with Crippen molar-refractivity contribution in [2.75, 3.05) is 10.6 Å². The fourth-order valence-electron chi connectivity index (χ4n) is 3.32. The number of pyridine rings is 2. The van der Waals surface area contributed by atoms with E-state index in [1.54, 1.807) is 31.2 Å². The van der Waals surface area contributed by atoms with Crippen molar-refractivity contribution in [3.8, 4) is 5.69 Å². The molecule has 2 atom stereocenters. The molecular formula is C22H18ClFN4O3. The zero-order chi connectivity index (χ0) is 22.2. The van der Waals surface area contributed by atoms with Crippen LogP contribution in [0.1, 0.15) is 13.3 Å². The summed E-state index contributed by atoms with van der Waals surface area (Å²) in [4.78, 5) is 41.1. The van der Waals surface area contributed by atoms with Crippen molar-refractivity contribution in [1.29, 1.82) is 0 Å². The van der Waals surface area contributed by atoms with Gasteiger partial charge in [-0.1, -0.05) is 17.7 Å². The summed E-state index contributed by atoms with van der Waals surface area (Å²) in [7, 11) is 0. The normalized spacial score (nSPS) is 19.5. The predicted octanol–water partition coefficient (Wildman–Crippen LogP) is 3.63. The largest absolute Gasteiger partial charge is 0.323 e. The monoisotopic (exact) mass is 440 g/mol. The van der Waals surface area contributed by atoms with Crippen LogP contribution < -0.4 is 16.2 Å². The first kappa shape index (κ1) is 20.7. The lowest BCUT2D eigenvalue weighted by Crippen LogP contribution is -2.28. The molecule has 2 N–H and O–H groups in total. The molecule has 2 aromatic heterocycles. The number of carbonyl (C=O) groups excluding carboxylic acids is 2. The average molecular weight is 441 g/mol. The van der Waals surface area contributed by atoms with Gasteiger partial charge in [0.1, 0.15) is 11.6 Å². The molecule has 0 radical (unpaired) electrons. The van der Waals surface area contributed by atoms with Crippen LogP contribution in [0.2, 0.25) is 5.02 Å². The smallest absolute Gasteiger partial charge is 0.255 e. The zero-order valence-corrected chi connectivity index (χ0v) is 17.2. The molecule has 0 spiro atoms. The second-order valence-electron chi connectivity index (χ2n) is 7.55. The number of aromatic nitrogens is 2. The van der Waals surface area contributed by atoms with E-state index >= 15 is 0 Å². The Bertz CT molecular complexity index is 1230. The van der Waals surface area contributed by atoms with E-state index in [0.717, 1.165) is 0 Å². The van der Waals surface area contributed by atoms with Gasteiger partial charge in [-0.25, -0.2) is 9.37 Å². The van der Waals surface area contributed by atoms with Crippen molar-refractivity contribution in [3.05, 3.63) is 82.1 Å². The molecule has 1 aromatic carbocycles. The molecule has 1 aliphatic carbocycles. The van der Waals surface area contributed by atoms with Crippen molar-refractivity contribution in [1.82, 2.24) is 9.55 Å². The van der Waals surface area contributed by atoms with Gasteiger partial charge in [0.15, 0.2) is 0 Å². The Morgan fingerprint density at radius 2 is 2.00 bits per heavy atom. The highest BCUT2D eigenvalue weighted by Gasteiger charge is 2.60. The van der Waals surface area contributed by atoms with Crippen molar-refractivity contribution in [2.24, 2.45) is 11.3 Å². The highest BCUT2D eigenvalue weighted by molar-refractivity contribution is 6.30. The minimum atomic E-state index is -0.960. The first-order chi connectivity index (χ1) is 14.8. The predicted molar refractivity (Wildman–Crippen MR) is 115 cm³/mol. The molecule has 2 heterocycles. The van der Waals surface area contributed by atoms with Gasteiger partial charge in [0, 0.05) is 24.5 Å². The fraction of sp³-hybridized carbons (Fsp3) is 0.182. The lowest BCUT2D eigenvalue weighted by Gasteiger charge is -2.14. The van der Waals surface area contributed by atoms with Gasteiger partial charge in [-0.2, -0.15) is 0 Å². The van der Waals surface area contributed by atoms with E-state index in [4.69, 9.17) is 11.6 Å². The van der Waals surface area contributed by atoms with Crippen LogP contribution in [0.15, 0.2) is 65.7 Å². The van der Waals surface area contributed by atoms with Crippen molar-refractivity contribution < 1.29 is 14.0 Å². The molecule has 0 aliphatic heterocycles. The van der Waals surface area contributed by atoms with Crippen LogP contribution in [0.5, 0.6) is 0 Å². The lowest BCUT2D eigenvalue weighted by molar-refractivity contribution is -0.125. The summed E-state index contributed by atoms with van der Waals surface area (Å²) < 4.78 is 15.9. The summed E-state index contributed by atoms with van der Waals surface area (Å²) in [5.74, 6) is -1.71. The van der Waals surface area contributed by atoms with Gasteiger partial charge in [-0.05, 0) is 43.7 Å². The number of nitrogens with one attached hydrogen (secondary N) is 2. The summed E-state index contributed by atoms with van der Waals surface area (Å²) in [6, 6.07) is 11.9. The first-order valence-corrected chi connectivity index (χ1v) is 9.87. The Morgan fingerprint density at radius 3 is 2.68 bits per heavy atom. The van der Waals surface area contributed by atoms with Crippen molar-refractivity contribution >= 4 is 34.9 Å². The van der Waals surface area contributed by atoms with Gasteiger partial charge in [-0.15, -0.1) is 0 Å². The zero-order valence-electron chi connectivity index (χ0n) is 16.4. The van der Waals surface area contributed by atoms with E-state index in [9.17, 15) is 18.8 Å². The summed E-state index contributed by atoms with van der Waals surface area (Å²) in [6.07, 6.45) is 3.27. The summed E-state index contributed by atoms with van der Waals surface area (Å²) in [5.41, 5.74) is -0.943. The van der Waals surface area contributed by atoms with E-state index in [1.807, 2.05) is 0 Å². The van der Waals surface area contributed by atoms with Gasteiger partial charge in [0.2, 0.25) is 11.8 Å². The first-order valence-electron chi connectivity index (χ1n) is 9.49. The molecule has 2 amide bonds. The van der Waals surface area contributed by atoms with Gasteiger partial charge in [0.05, 0.1) is 27.7 Å². The number of amides is 2. The maximum Gasteiger partial charge on any atom is 0.255 e. The molecule has 1 saturated carbocycles. The number of hydrogen-bond donors (Lipinski definition) is 2. The van der Waals surface area contributed by atoms with Gasteiger partial charge in [-0.3, -0.25) is 19.0 Å². The number of carbonyl (C=O) groups is 2. The maximum atomic E-state index is 14.6. The number of nitrogens with zero attached hydrogens (tertiary/aromatic N) is 2. The highest BCUT2D eigenvalue weighted by Crippen LogP contribution is 2.53. The Kier molecular flexibility index (Phi) is 5.32.